The molecule has 80 valence electrons. The predicted octanol–water partition coefficient (Wildman–Crippen LogP) is 1.30. The molecule has 0 saturated heterocycles. The molecule has 1 aliphatic carbocycles. The van der Waals surface area contributed by atoms with Gasteiger partial charge < -0.3 is 9.88 Å². The number of nitrogens with zero attached hydrogens (tertiary/aromatic N) is 3. The molecule has 1 aromatic heterocycles. The highest BCUT2D eigenvalue weighted by molar-refractivity contribution is 5.02. The van der Waals surface area contributed by atoms with Gasteiger partial charge in [0.2, 0.25) is 0 Å². The third kappa shape index (κ3) is 2.18. The highest BCUT2D eigenvalue weighted by Gasteiger charge is 2.42. The van der Waals surface area contributed by atoms with E-state index in [1.165, 1.54) is 12.8 Å². The van der Waals surface area contributed by atoms with Crippen LogP contribution < -0.4 is 5.32 Å². The van der Waals surface area contributed by atoms with E-state index in [2.05, 4.69) is 20.9 Å². The Morgan fingerprint density at radius 2 is 2.47 bits per heavy atom. The Morgan fingerprint density at radius 3 is 3.07 bits per heavy atom. The molecule has 0 aromatic carbocycles. The Hall–Kier alpha value is -1.34. The van der Waals surface area contributed by atoms with E-state index in [0.717, 1.165) is 18.9 Å². The first-order valence-corrected chi connectivity index (χ1v) is 5.31. The molecule has 1 saturated carbocycles. The third-order valence-corrected chi connectivity index (χ3v) is 3.05. The lowest BCUT2D eigenvalue weighted by Crippen LogP contribution is -2.17. The van der Waals surface area contributed by atoms with Crippen molar-refractivity contribution in [2.75, 3.05) is 7.05 Å². The van der Waals surface area contributed by atoms with Crippen LogP contribution >= 0.6 is 0 Å². The summed E-state index contributed by atoms with van der Waals surface area (Å²) in [5.74, 6) is 1.06. The van der Waals surface area contributed by atoms with Crippen molar-refractivity contribution in [3.8, 4) is 6.07 Å². The highest BCUT2D eigenvalue weighted by Crippen LogP contribution is 2.50. The monoisotopic (exact) mass is 204 g/mol. The number of nitriles is 1. The summed E-state index contributed by atoms with van der Waals surface area (Å²) in [5, 5.41) is 11.9. The van der Waals surface area contributed by atoms with Crippen molar-refractivity contribution >= 4 is 0 Å². The molecule has 1 aromatic rings. The molecular weight excluding hydrogens is 188 g/mol. The first kappa shape index (κ1) is 10.2. The van der Waals surface area contributed by atoms with Gasteiger partial charge in [-0.15, -0.1) is 0 Å². The van der Waals surface area contributed by atoms with E-state index >= 15 is 0 Å². The van der Waals surface area contributed by atoms with Crippen molar-refractivity contribution in [1.29, 1.82) is 5.26 Å². The van der Waals surface area contributed by atoms with Crippen molar-refractivity contribution < 1.29 is 0 Å². The SMILES string of the molecule is CNCc1nccn1CC1(CC#N)CC1. The van der Waals surface area contributed by atoms with Gasteiger partial charge in [-0.2, -0.15) is 5.26 Å². The molecular formula is C11H16N4. The Labute approximate surface area is 89.9 Å². The Bertz CT molecular complexity index is 370. The van der Waals surface area contributed by atoms with Crippen molar-refractivity contribution in [2.45, 2.75) is 32.4 Å². The second kappa shape index (κ2) is 4.03. The Kier molecular flexibility index (Phi) is 2.74. The summed E-state index contributed by atoms with van der Waals surface area (Å²) in [5.41, 5.74) is 0.248. The van der Waals surface area contributed by atoms with Crippen LogP contribution in [-0.4, -0.2) is 16.6 Å². The minimum atomic E-state index is 0.248. The molecule has 1 heterocycles. The van der Waals surface area contributed by atoms with Crippen molar-refractivity contribution in [3.05, 3.63) is 18.2 Å². The number of hydrogen-bond donors (Lipinski definition) is 1. The molecule has 0 bridgehead atoms. The van der Waals surface area contributed by atoms with Gasteiger partial charge in [0, 0.05) is 30.8 Å². The zero-order chi connectivity index (χ0) is 10.7. The number of rotatable bonds is 5. The summed E-state index contributed by atoms with van der Waals surface area (Å²) in [6.45, 7) is 1.73. The molecule has 1 N–H and O–H groups in total. The smallest absolute Gasteiger partial charge is 0.122 e. The van der Waals surface area contributed by atoms with Gasteiger partial charge in [0.05, 0.1) is 12.6 Å². The molecule has 4 heteroatoms. The topological polar surface area (TPSA) is 53.6 Å². The lowest BCUT2D eigenvalue weighted by Gasteiger charge is -2.14. The Balaban J connectivity index is 2.04. The van der Waals surface area contributed by atoms with Crippen LogP contribution in [0.3, 0.4) is 0 Å². The molecule has 2 rings (SSSR count). The van der Waals surface area contributed by atoms with Crippen LogP contribution in [0.5, 0.6) is 0 Å². The summed E-state index contributed by atoms with van der Waals surface area (Å²) in [7, 11) is 1.92. The normalized spacial score (nSPS) is 17.3. The average molecular weight is 204 g/mol. The number of hydrogen-bond acceptors (Lipinski definition) is 3. The average Bonchev–Trinajstić information content (AvgIpc) is 2.83. The van der Waals surface area contributed by atoms with Crippen LogP contribution in [0, 0.1) is 16.7 Å². The third-order valence-electron chi connectivity index (χ3n) is 3.05. The summed E-state index contributed by atoms with van der Waals surface area (Å²) in [6.07, 6.45) is 6.86. The van der Waals surface area contributed by atoms with Gasteiger partial charge in [0.15, 0.2) is 0 Å². The van der Waals surface area contributed by atoms with Gasteiger partial charge in [0.25, 0.3) is 0 Å². The van der Waals surface area contributed by atoms with Crippen LogP contribution in [0.25, 0.3) is 0 Å². The second-order valence-electron chi connectivity index (χ2n) is 4.34. The molecule has 0 unspecified atom stereocenters. The molecule has 4 nitrogen and oxygen atoms in total. The first-order valence-electron chi connectivity index (χ1n) is 5.31. The fraction of sp³-hybridized carbons (Fsp3) is 0.636. The maximum absolute atomic E-state index is 8.76. The lowest BCUT2D eigenvalue weighted by molar-refractivity contribution is 0.419. The minimum Gasteiger partial charge on any atom is -0.333 e. The highest BCUT2D eigenvalue weighted by atomic mass is 15.1. The van der Waals surface area contributed by atoms with E-state index in [9.17, 15) is 0 Å². The molecule has 0 atom stereocenters. The molecule has 0 spiro atoms. The molecule has 0 radical (unpaired) electrons. The van der Waals surface area contributed by atoms with E-state index in [-0.39, 0.29) is 5.41 Å². The van der Waals surface area contributed by atoms with Crippen LogP contribution in [0.1, 0.15) is 25.1 Å². The van der Waals surface area contributed by atoms with Crippen molar-refractivity contribution in [3.63, 3.8) is 0 Å². The number of aromatic nitrogens is 2. The maximum atomic E-state index is 8.76. The second-order valence-corrected chi connectivity index (χ2v) is 4.34. The summed E-state index contributed by atoms with van der Waals surface area (Å²) >= 11 is 0. The fourth-order valence-corrected chi connectivity index (χ4v) is 1.91. The van der Waals surface area contributed by atoms with Crippen LogP contribution in [0.4, 0.5) is 0 Å². The number of imidazole rings is 1. The largest absolute Gasteiger partial charge is 0.333 e. The predicted molar refractivity (Wildman–Crippen MR) is 56.9 cm³/mol. The van der Waals surface area contributed by atoms with Gasteiger partial charge in [-0.25, -0.2) is 4.98 Å². The first-order chi connectivity index (χ1) is 7.29. The molecule has 1 fully saturated rings. The van der Waals surface area contributed by atoms with Gasteiger partial charge in [-0.05, 0) is 19.9 Å². The van der Waals surface area contributed by atoms with E-state index in [1.54, 1.807) is 0 Å². The van der Waals surface area contributed by atoms with Crippen molar-refractivity contribution in [2.24, 2.45) is 5.41 Å². The maximum Gasteiger partial charge on any atom is 0.122 e. The van der Waals surface area contributed by atoms with E-state index in [1.807, 2.05) is 19.4 Å². The standard InChI is InChI=1S/C11H16N4/c1-13-8-10-14-6-7-15(10)9-11(2-3-11)4-5-12/h6-7,13H,2-4,8-9H2,1H3. The summed E-state index contributed by atoms with van der Waals surface area (Å²) in [4.78, 5) is 4.30. The van der Waals surface area contributed by atoms with Gasteiger partial charge in [-0.1, -0.05) is 0 Å². The van der Waals surface area contributed by atoms with Gasteiger partial charge in [-0.3, -0.25) is 0 Å². The van der Waals surface area contributed by atoms with E-state index in [0.29, 0.717) is 6.42 Å². The molecule has 0 aliphatic heterocycles. The molecule has 0 amide bonds. The van der Waals surface area contributed by atoms with Crippen LogP contribution in [-0.2, 0) is 13.1 Å². The molecule has 1 aliphatic rings. The van der Waals surface area contributed by atoms with Crippen molar-refractivity contribution in [1.82, 2.24) is 14.9 Å². The lowest BCUT2D eigenvalue weighted by atomic mass is 10.0. The van der Waals surface area contributed by atoms with E-state index < -0.39 is 0 Å². The number of nitrogens with one attached hydrogen (secondary N) is 1. The Morgan fingerprint density at radius 1 is 1.67 bits per heavy atom. The van der Waals surface area contributed by atoms with Gasteiger partial charge in [0.1, 0.15) is 5.82 Å². The van der Waals surface area contributed by atoms with Gasteiger partial charge >= 0.3 is 0 Å². The zero-order valence-corrected chi connectivity index (χ0v) is 9.03. The fourth-order valence-electron chi connectivity index (χ4n) is 1.91. The van der Waals surface area contributed by atoms with E-state index in [4.69, 9.17) is 5.26 Å². The van der Waals surface area contributed by atoms with Crippen LogP contribution in [0.15, 0.2) is 12.4 Å². The summed E-state index contributed by atoms with van der Waals surface area (Å²) < 4.78 is 2.17. The van der Waals surface area contributed by atoms with Crippen LogP contribution in [0.2, 0.25) is 0 Å². The minimum absolute atomic E-state index is 0.248. The quantitative estimate of drug-likeness (QED) is 0.786. The zero-order valence-electron chi connectivity index (χ0n) is 9.03. The summed E-state index contributed by atoms with van der Waals surface area (Å²) in [6, 6.07) is 2.29. The molecule has 15 heavy (non-hydrogen) atoms.